The Morgan fingerprint density at radius 1 is 1.09 bits per heavy atom. The van der Waals surface area contributed by atoms with Gasteiger partial charge in [0.15, 0.2) is 11.5 Å². The lowest BCUT2D eigenvalue weighted by Crippen LogP contribution is -2.02. The number of ether oxygens (including phenoxy) is 2. The molecule has 0 saturated heterocycles. The van der Waals surface area contributed by atoms with Crippen LogP contribution in [0.4, 0.5) is 0 Å². The van der Waals surface area contributed by atoms with Crippen molar-refractivity contribution in [3.05, 3.63) is 86.2 Å². The molecule has 0 spiro atoms. The summed E-state index contributed by atoms with van der Waals surface area (Å²) in [6.45, 7) is 7.03. The smallest absolute Gasteiger partial charge is 0.175 e. The lowest BCUT2D eigenvalue weighted by atomic mass is 10.1. The molecule has 4 aromatic rings. The van der Waals surface area contributed by atoms with Gasteiger partial charge in [0.25, 0.3) is 0 Å². The summed E-state index contributed by atoms with van der Waals surface area (Å²) in [6.07, 6.45) is 1.82. The highest BCUT2D eigenvalue weighted by molar-refractivity contribution is 14.1. The largest absolute Gasteiger partial charge is 0.490 e. The summed E-state index contributed by atoms with van der Waals surface area (Å²) in [7, 11) is 0. The number of nitrogens with one attached hydrogen (secondary N) is 1. The number of halogens is 1. The van der Waals surface area contributed by atoms with Crippen LogP contribution in [0.3, 0.4) is 0 Å². The number of aryl methyl sites for hydroxylation is 2. The van der Waals surface area contributed by atoms with E-state index in [0.29, 0.717) is 36.1 Å². The van der Waals surface area contributed by atoms with E-state index in [-0.39, 0.29) is 0 Å². The van der Waals surface area contributed by atoms with Gasteiger partial charge in [-0.3, -0.25) is 0 Å². The van der Waals surface area contributed by atoms with E-state index in [9.17, 15) is 5.26 Å². The predicted octanol–water partition coefficient (Wildman–Crippen LogP) is 6.83. The van der Waals surface area contributed by atoms with E-state index < -0.39 is 0 Å². The third-order valence-corrected chi connectivity index (χ3v) is 6.14. The zero-order valence-corrected chi connectivity index (χ0v) is 20.9. The normalized spacial score (nSPS) is 11.4. The second-order valence-corrected chi connectivity index (χ2v) is 8.91. The summed E-state index contributed by atoms with van der Waals surface area (Å²) >= 11 is 2.25. The number of benzene rings is 3. The first kappa shape index (κ1) is 22.9. The van der Waals surface area contributed by atoms with E-state index in [2.05, 4.69) is 58.5 Å². The molecule has 166 valence electrons. The lowest BCUT2D eigenvalue weighted by Gasteiger charge is -2.15. The molecule has 1 heterocycles. The third-order valence-electron chi connectivity index (χ3n) is 5.34. The van der Waals surface area contributed by atoms with Gasteiger partial charge in [-0.1, -0.05) is 30.3 Å². The first-order valence-electron chi connectivity index (χ1n) is 10.7. The minimum absolute atomic E-state index is 0.452. The summed E-state index contributed by atoms with van der Waals surface area (Å²) in [5.41, 5.74) is 6.51. The molecule has 6 heteroatoms. The number of H-pyrrole nitrogens is 1. The summed E-state index contributed by atoms with van der Waals surface area (Å²) in [5.74, 6) is 1.90. The summed E-state index contributed by atoms with van der Waals surface area (Å²) in [6, 6.07) is 20.3. The molecule has 0 aliphatic rings. The van der Waals surface area contributed by atoms with Gasteiger partial charge in [-0.2, -0.15) is 5.26 Å². The number of aromatic nitrogens is 2. The van der Waals surface area contributed by atoms with Gasteiger partial charge in [-0.05, 0) is 96.0 Å². The van der Waals surface area contributed by atoms with Crippen molar-refractivity contribution in [1.82, 2.24) is 9.97 Å². The maximum atomic E-state index is 9.85. The maximum absolute atomic E-state index is 9.85. The molecule has 5 nitrogen and oxygen atoms in total. The molecular weight excluding hydrogens is 525 g/mol. The van der Waals surface area contributed by atoms with Crippen LogP contribution in [0, 0.1) is 28.7 Å². The highest BCUT2D eigenvalue weighted by Gasteiger charge is 2.14. The topological polar surface area (TPSA) is 70.9 Å². The van der Waals surface area contributed by atoms with Crippen molar-refractivity contribution in [2.45, 2.75) is 27.4 Å². The van der Waals surface area contributed by atoms with Crippen molar-refractivity contribution < 1.29 is 9.47 Å². The third kappa shape index (κ3) is 5.20. The van der Waals surface area contributed by atoms with Crippen molar-refractivity contribution in [3.8, 4) is 17.6 Å². The Morgan fingerprint density at radius 3 is 2.58 bits per heavy atom. The summed E-state index contributed by atoms with van der Waals surface area (Å²) in [5, 5.41) is 9.85. The van der Waals surface area contributed by atoms with E-state index in [4.69, 9.17) is 9.47 Å². The van der Waals surface area contributed by atoms with E-state index >= 15 is 0 Å². The number of fused-ring (bicyclic) bond motifs is 1. The zero-order chi connectivity index (χ0) is 23.4. The van der Waals surface area contributed by atoms with E-state index in [1.165, 1.54) is 11.1 Å². The summed E-state index contributed by atoms with van der Waals surface area (Å²) < 4.78 is 12.9. The van der Waals surface area contributed by atoms with Crippen LogP contribution in [-0.2, 0) is 6.61 Å². The van der Waals surface area contributed by atoms with Crippen molar-refractivity contribution in [2.24, 2.45) is 0 Å². The number of aromatic amines is 1. The molecule has 0 fully saturated rings. The Hall–Kier alpha value is -3.31. The fourth-order valence-electron chi connectivity index (χ4n) is 3.52. The van der Waals surface area contributed by atoms with E-state index in [1.807, 2.05) is 61.5 Å². The number of rotatable bonds is 7. The van der Waals surface area contributed by atoms with Crippen LogP contribution in [0.25, 0.3) is 22.7 Å². The molecule has 0 saturated carbocycles. The van der Waals surface area contributed by atoms with Crippen LogP contribution >= 0.6 is 22.6 Å². The number of nitrogens with zero attached hydrogens (tertiary/aromatic N) is 2. The van der Waals surface area contributed by atoms with Gasteiger partial charge in [0.2, 0.25) is 0 Å². The first-order valence-corrected chi connectivity index (χ1v) is 11.8. The van der Waals surface area contributed by atoms with Gasteiger partial charge >= 0.3 is 0 Å². The van der Waals surface area contributed by atoms with Crippen LogP contribution in [0.1, 0.15) is 35.0 Å². The summed E-state index contributed by atoms with van der Waals surface area (Å²) in [4.78, 5) is 7.92. The average molecular weight is 549 g/mol. The fourth-order valence-corrected chi connectivity index (χ4v) is 4.30. The zero-order valence-electron chi connectivity index (χ0n) is 18.8. The lowest BCUT2D eigenvalue weighted by molar-refractivity contribution is 0.267. The van der Waals surface area contributed by atoms with Crippen LogP contribution < -0.4 is 9.47 Å². The molecule has 33 heavy (non-hydrogen) atoms. The fraction of sp³-hybridized carbons (Fsp3) is 0.185. The molecular formula is C27H24IN3O2. The average Bonchev–Trinajstić information content (AvgIpc) is 3.20. The molecule has 1 aromatic heterocycles. The van der Waals surface area contributed by atoms with E-state index in [1.54, 1.807) is 0 Å². The molecule has 0 radical (unpaired) electrons. The Kier molecular flexibility index (Phi) is 6.99. The van der Waals surface area contributed by atoms with Crippen molar-refractivity contribution in [3.63, 3.8) is 0 Å². The maximum Gasteiger partial charge on any atom is 0.175 e. The minimum Gasteiger partial charge on any atom is -0.490 e. The quantitative estimate of drug-likeness (QED) is 0.203. The monoisotopic (exact) mass is 549 g/mol. The van der Waals surface area contributed by atoms with Crippen molar-refractivity contribution in [1.29, 1.82) is 5.26 Å². The van der Waals surface area contributed by atoms with Crippen molar-refractivity contribution in [2.75, 3.05) is 6.61 Å². The molecule has 0 amide bonds. The number of imidazole rings is 1. The minimum atomic E-state index is 0.452. The van der Waals surface area contributed by atoms with Crippen molar-refractivity contribution >= 4 is 45.3 Å². The Labute approximate surface area is 207 Å². The molecule has 4 rings (SSSR count). The van der Waals surface area contributed by atoms with Crippen LogP contribution in [0.15, 0.2) is 54.6 Å². The number of hydrogen-bond acceptors (Lipinski definition) is 4. The second-order valence-electron chi connectivity index (χ2n) is 7.75. The molecule has 0 aliphatic heterocycles. The Morgan fingerprint density at radius 2 is 1.85 bits per heavy atom. The van der Waals surface area contributed by atoms with Crippen LogP contribution in [0.5, 0.6) is 11.5 Å². The molecule has 0 aliphatic carbocycles. The van der Waals surface area contributed by atoms with Gasteiger partial charge in [0, 0.05) is 0 Å². The van der Waals surface area contributed by atoms with Gasteiger partial charge < -0.3 is 14.5 Å². The Balaban J connectivity index is 1.68. The molecule has 3 aromatic carbocycles. The van der Waals surface area contributed by atoms with E-state index in [0.717, 1.165) is 25.7 Å². The Bertz CT molecular complexity index is 1330. The standard InChI is InChI=1S/C27H24IN3O2/c1-4-32-25-14-20(13-22(28)26(25)33-16-19-8-6-5-7-9-19)12-21(15-29)27-30-23-10-17(2)18(3)11-24(23)31-27/h5-14H,4,16H2,1-3H3,(H,30,31)/b21-12+. The second kappa shape index (κ2) is 10.1. The van der Waals surface area contributed by atoms with Gasteiger partial charge in [0.1, 0.15) is 18.5 Å². The van der Waals surface area contributed by atoms with Crippen LogP contribution in [-0.4, -0.2) is 16.6 Å². The highest BCUT2D eigenvalue weighted by Crippen LogP contribution is 2.36. The molecule has 0 atom stereocenters. The first-order chi connectivity index (χ1) is 16.0. The number of hydrogen-bond donors (Lipinski definition) is 1. The SMILES string of the molecule is CCOc1cc(/C=C(\C#N)c2nc3cc(C)c(C)cc3[nH]2)cc(I)c1OCc1ccccc1. The van der Waals surface area contributed by atoms with Gasteiger partial charge in [-0.25, -0.2) is 4.98 Å². The molecule has 1 N–H and O–H groups in total. The molecule has 0 bridgehead atoms. The van der Waals surface area contributed by atoms with Gasteiger partial charge in [0.05, 0.1) is 26.8 Å². The number of nitriles is 1. The molecule has 0 unspecified atom stereocenters. The predicted molar refractivity (Wildman–Crippen MR) is 140 cm³/mol. The number of allylic oxidation sites excluding steroid dienone is 1. The van der Waals surface area contributed by atoms with Crippen LogP contribution in [0.2, 0.25) is 0 Å². The van der Waals surface area contributed by atoms with Gasteiger partial charge in [-0.15, -0.1) is 0 Å². The highest BCUT2D eigenvalue weighted by atomic mass is 127.